The largest absolute Gasteiger partial charge is 0.486 e. The summed E-state index contributed by atoms with van der Waals surface area (Å²) in [5.74, 6) is 7.08. The molecule has 3 unspecified atom stereocenters. The van der Waals surface area contributed by atoms with Crippen molar-refractivity contribution < 1.29 is 71.8 Å². The van der Waals surface area contributed by atoms with Crippen LogP contribution in [0.25, 0.3) is 0 Å². The molecule has 3 amide bonds. The number of hydrogen-bond donors (Lipinski definition) is 4. The number of alkyl carbamates (subject to hydrolysis) is 1. The number of carbonyl (C=O) groups excluding carboxylic acids is 6. The van der Waals surface area contributed by atoms with Gasteiger partial charge in [-0.05, 0) is 123 Å². The minimum absolute atomic E-state index is 0.00661. The zero-order valence-electron chi connectivity index (χ0n) is 49.9. The second-order valence-corrected chi connectivity index (χ2v) is 24.3. The highest BCUT2D eigenvalue weighted by Gasteiger charge is 2.76. The molecular weight excluding hydrogens is 1050 g/mol. The molecule has 18 heteroatoms. The standard InChI is InChI=1S/C42H56N2O9.C22H37NO6/c1-8-9-36-52-35-20-31-30-15-10-26-19-28(46)16-17-40(26,6)37(30)33(48)21-41(31,7)42(35,53-36)34(49)22-51-29-13-11-27(12-14-29)44-39(50)24(4)18-32(47)38(23(2)3)43-25(5)45;1-2-10-25-12-14-27-16-17-28-15-13-26-11-9-23-22(24)29-18-21-19-7-5-3-4-6-8-20(19)21/h11-14,16-17,19,23-24,30-31,33,35-38,48H,8-10,15,18,20-22H2,1-7H3,(H,43,45)(H,44,50);19-21H,2,5-18H2,1H3,(H,23,24)/t24-,30+,31+,33+,35-,36?,37-,38+,40+,41+,42-;/m1./s1. The number of rotatable bonds is 29. The Hall–Kier alpha value is -5.00. The number of ketones is 3. The molecule has 1 aromatic carbocycles. The lowest BCUT2D eigenvalue weighted by molar-refractivity contribution is -0.200. The molecule has 82 heavy (non-hydrogen) atoms. The van der Waals surface area contributed by atoms with Gasteiger partial charge in [0.2, 0.25) is 17.6 Å². The summed E-state index contributed by atoms with van der Waals surface area (Å²) in [6.07, 6.45) is 12.7. The average Bonchev–Trinajstić information content (AvgIpc) is 1.57. The van der Waals surface area contributed by atoms with Crippen molar-refractivity contribution >= 4 is 40.9 Å². The van der Waals surface area contributed by atoms with E-state index in [-0.39, 0.29) is 72.0 Å². The minimum Gasteiger partial charge on any atom is -0.486 e. The van der Waals surface area contributed by atoms with Crippen LogP contribution in [0.3, 0.4) is 0 Å². The molecule has 1 saturated heterocycles. The summed E-state index contributed by atoms with van der Waals surface area (Å²) in [6.45, 7) is 20.3. The predicted molar refractivity (Wildman–Crippen MR) is 307 cm³/mol. The van der Waals surface area contributed by atoms with E-state index in [2.05, 4.69) is 55.5 Å². The van der Waals surface area contributed by atoms with E-state index >= 15 is 0 Å². The highest BCUT2D eigenvalue weighted by atomic mass is 16.7. The number of allylic oxidation sites excluding steroid dienone is 4. The molecule has 6 aliphatic carbocycles. The molecule has 1 aliphatic heterocycles. The zero-order valence-corrected chi connectivity index (χ0v) is 49.9. The van der Waals surface area contributed by atoms with Gasteiger partial charge in [-0.15, -0.1) is 11.8 Å². The van der Waals surface area contributed by atoms with Crippen LogP contribution >= 0.6 is 0 Å². The lowest BCUT2D eigenvalue weighted by Crippen LogP contribution is -2.63. The van der Waals surface area contributed by atoms with E-state index in [1.165, 1.54) is 6.92 Å². The van der Waals surface area contributed by atoms with E-state index in [4.69, 9.17) is 37.9 Å². The summed E-state index contributed by atoms with van der Waals surface area (Å²) < 4.78 is 46.3. The van der Waals surface area contributed by atoms with E-state index in [9.17, 15) is 33.9 Å². The van der Waals surface area contributed by atoms with Crippen molar-refractivity contribution in [3.8, 4) is 17.6 Å². The first kappa shape index (κ1) is 64.6. The second-order valence-electron chi connectivity index (χ2n) is 24.3. The number of amides is 3. The van der Waals surface area contributed by atoms with Gasteiger partial charge in [0.05, 0.1) is 71.1 Å². The Bertz CT molecular complexity index is 2450. The summed E-state index contributed by atoms with van der Waals surface area (Å²) in [4.78, 5) is 76.0. The quantitative estimate of drug-likeness (QED) is 0.0438. The van der Waals surface area contributed by atoms with Crippen molar-refractivity contribution in [2.45, 2.75) is 163 Å². The van der Waals surface area contributed by atoms with Gasteiger partial charge in [0.15, 0.2) is 23.5 Å². The van der Waals surface area contributed by atoms with Gasteiger partial charge in [0.25, 0.3) is 0 Å². The van der Waals surface area contributed by atoms with E-state index in [1.54, 1.807) is 43.3 Å². The number of carbonyl (C=O) groups is 6. The number of fused-ring (bicyclic) bond motifs is 8. The number of benzene rings is 1. The van der Waals surface area contributed by atoms with Crippen molar-refractivity contribution in [1.82, 2.24) is 10.6 Å². The molecule has 8 rings (SSSR count). The molecule has 4 N–H and O–H groups in total. The van der Waals surface area contributed by atoms with E-state index < -0.39 is 46.9 Å². The highest BCUT2D eigenvalue weighted by Crippen LogP contribution is 2.70. The van der Waals surface area contributed by atoms with Gasteiger partial charge < -0.3 is 59.0 Å². The van der Waals surface area contributed by atoms with Crippen LogP contribution in [0.15, 0.2) is 48.1 Å². The first-order valence-electron chi connectivity index (χ1n) is 30.4. The van der Waals surface area contributed by atoms with Gasteiger partial charge >= 0.3 is 6.09 Å². The third-order valence-corrected chi connectivity index (χ3v) is 18.3. The molecule has 0 radical (unpaired) electrons. The van der Waals surface area contributed by atoms with Crippen LogP contribution in [0.5, 0.6) is 5.75 Å². The molecule has 0 bridgehead atoms. The van der Waals surface area contributed by atoms with Crippen LogP contribution in [-0.4, -0.2) is 143 Å². The Morgan fingerprint density at radius 2 is 1.49 bits per heavy atom. The van der Waals surface area contributed by atoms with Crippen LogP contribution in [0.2, 0.25) is 0 Å². The third-order valence-electron chi connectivity index (χ3n) is 18.3. The van der Waals surface area contributed by atoms with Crippen molar-refractivity contribution in [2.75, 3.05) is 77.9 Å². The molecule has 5 fully saturated rings. The van der Waals surface area contributed by atoms with E-state index in [0.29, 0.717) is 108 Å². The molecule has 454 valence electrons. The SMILES string of the molecule is CCCC1O[C@@H]2C[C@H]3[C@@H]4CCC5=CC(=O)C=C[C@]5(C)[C@H]4[C@@H](O)C[C@]3(C)[C@]2(C(=O)COc2ccc(NC(=O)[C@H](C)CC(=O)[C@@H](NC(C)=O)C(C)C)cc2)O1.CCCOCCOCCOCCOCCNC(=O)OCC1C2CCC#CCCC21. The zero-order chi connectivity index (χ0) is 59.0. The summed E-state index contributed by atoms with van der Waals surface area (Å²) in [5.41, 5.74) is -0.813. The summed E-state index contributed by atoms with van der Waals surface area (Å²) in [7, 11) is 0. The molecule has 0 spiro atoms. The number of hydrogen-bond acceptors (Lipinski definition) is 15. The molecule has 1 heterocycles. The Kier molecular flexibility index (Phi) is 23.8. The molecule has 1 aromatic rings. The topological polar surface area (TPSA) is 233 Å². The molecule has 4 saturated carbocycles. The van der Waals surface area contributed by atoms with Gasteiger partial charge in [0, 0.05) is 67.7 Å². The fraction of sp³-hybridized carbons (Fsp3) is 0.719. The number of anilines is 1. The Morgan fingerprint density at radius 1 is 0.841 bits per heavy atom. The lowest BCUT2D eigenvalue weighted by Gasteiger charge is -2.59. The number of nitrogens with one attached hydrogen (secondary N) is 3. The average molecular weight is 1140 g/mol. The van der Waals surface area contributed by atoms with Crippen molar-refractivity contribution in [2.24, 2.45) is 58.2 Å². The summed E-state index contributed by atoms with van der Waals surface area (Å²) in [6, 6.07) is 6.05. The Labute approximate surface area is 486 Å². The minimum atomic E-state index is -1.28. The van der Waals surface area contributed by atoms with Crippen molar-refractivity contribution in [3.05, 3.63) is 48.1 Å². The van der Waals surface area contributed by atoms with Crippen molar-refractivity contribution in [1.29, 1.82) is 0 Å². The first-order chi connectivity index (χ1) is 39.4. The number of aliphatic hydroxyl groups is 1. The maximum atomic E-state index is 14.6. The predicted octanol–water partition coefficient (Wildman–Crippen LogP) is 8.13. The van der Waals surface area contributed by atoms with Crippen LogP contribution in [0, 0.1) is 70.0 Å². The third kappa shape index (κ3) is 15.8. The molecule has 7 aliphatic rings. The van der Waals surface area contributed by atoms with Crippen LogP contribution in [0.4, 0.5) is 10.5 Å². The first-order valence-corrected chi connectivity index (χ1v) is 30.4. The smallest absolute Gasteiger partial charge is 0.407 e. The van der Waals surface area contributed by atoms with Gasteiger partial charge in [-0.3, -0.25) is 24.0 Å². The van der Waals surface area contributed by atoms with E-state index in [0.717, 1.165) is 63.5 Å². The monoisotopic (exact) mass is 1140 g/mol. The maximum Gasteiger partial charge on any atom is 0.407 e. The van der Waals surface area contributed by atoms with Gasteiger partial charge in [-0.1, -0.05) is 66.5 Å². The van der Waals surface area contributed by atoms with Crippen LogP contribution < -0.4 is 20.7 Å². The fourth-order valence-electron chi connectivity index (χ4n) is 14.2. The summed E-state index contributed by atoms with van der Waals surface area (Å²) >= 11 is 0. The van der Waals surface area contributed by atoms with Gasteiger partial charge in [-0.25, -0.2) is 4.79 Å². The normalized spacial score (nSPS) is 30.8. The highest BCUT2D eigenvalue weighted by molar-refractivity contribution is 6.01. The second kappa shape index (κ2) is 30.2. The number of ether oxygens (including phenoxy) is 8. The molecular formula is C64H93N3O15. The van der Waals surface area contributed by atoms with Crippen molar-refractivity contribution in [3.63, 3.8) is 0 Å². The van der Waals surface area contributed by atoms with Crippen LogP contribution in [-0.2, 0) is 57.1 Å². The van der Waals surface area contributed by atoms with Crippen LogP contribution in [0.1, 0.15) is 132 Å². The maximum absolute atomic E-state index is 14.6. The number of aliphatic hydroxyl groups excluding tert-OH is 1. The summed E-state index contributed by atoms with van der Waals surface area (Å²) in [5, 5.41) is 20.2. The van der Waals surface area contributed by atoms with Gasteiger partial charge in [0.1, 0.15) is 12.4 Å². The molecule has 0 aromatic heterocycles. The van der Waals surface area contributed by atoms with E-state index in [1.807, 2.05) is 19.9 Å². The molecule has 18 nitrogen and oxygen atoms in total. The Morgan fingerprint density at radius 3 is 2.11 bits per heavy atom. The lowest BCUT2D eigenvalue weighted by atomic mass is 9.46. The Balaban J connectivity index is 0.000000282. The fourth-order valence-corrected chi connectivity index (χ4v) is 14.2. The molecule has 13 atom stereocenters. The van der Waals surface area contributed by atoms with Gasteiger partial charge in [-0.2, -0.15) is 0 Å². The number of Topliss-reactive ketones (excluding diaryl/α,β-unsaturated/α-hetero) is 2.